The Balaban J connectivity index is 0. The summed E-state index contributed by atoms with van der Waals surface area (Å²) >= 11 is 0. The van der Waals surface area contributed by atoms with Gasteiger partial charge in [0.25, 0.3) is 0 Å². The van der Waals surface area contributed by atoms with Crippen LogP contribution >= 0.6 is 0 Å². The molecule has 0 radical (unpaired) electrons. The molecular formula is C22H39N. The molecule has 1 nitrogen and oxygen atoms in total. The zero-order valence-electron chi connectivity index (χ0n) is 17.0. The summed E-state index contributed by atoms with van der Waals surface area (Å²) in [5.41, 5.74) is 5.57. The molecule has 0 aliphatic carbocycles. The minimum atomic E-state index is 0.500. The summed E-state index contributed by atoms with van der Waals surface area (Å²) in [7, 11) is 0. The van der Waals surface area contributed by atoms with Crippen LogP contribution in [-0.4, -0.2) is 0 Å². The number of allylic oxidation sites excluding steroid dienone is 7. The molecule has 0 saturated heterocycles. The van der Waals surface area contributed by atoms with Crippen LogP contribution in [0.2, 0.25) is 0 Å². The van der Waals surface area contributed by atoms with Gasteiger partial charge in [0.05, 0.1) is 0 Å². The summed E-state index contributed by atoms with van der Waals surface area (Å²) in [4.78, 5) is 0. The number of rotatable bonds is 3. The van der Waals surface area contributed by atoms with Crippen molar-refractivity contribution in [2.45, 2.75) is 75.2 Å². The monoisotopic (exact) mass is 317 g/mol. The molecule has 0 aromatic rings. The molecule has 0 aromatic carbocycles. The van der Waals surface area contributed by atoms with Gasteiger partial charge in [0.15, 0.2) is 0 Å². The smallest absolute Gasteiger partial charge is 0.0413 e. The van der Waals surface area contributed by atoms with Crippen molar-refractivity contribution >= 4 is 0 Å². The van der Waals surface area contributed by atoms with E-state index in [4.69, 9.17) is 0 Å². The lowest BCUT2D eigenvalue weighted by Crippen LogP contribution is -2.11. The summed E-state index contributed by atoms with van der Waals surface area (Å²) in [5.74, 6) is 0. The molecule has 1 heterocycles. The maximum absolute atomic E-state index is 3.89. The zero-order chi connectivity index (χ0) is 18.5. The second kappa shape index (κ2) is 13.0. The van der Waals surface area contributed by atoms with Crippen molar-refractivity contribution in [3.05, 3.63) is 59.5 Å². The highest BCUT2D eigenvalue weighted by atomic mass is 14.9. The van der Waals surface area contributed by atoms with Gasteiger partial charge in [-0.25, -0.2) is 0 Å². The molecule has 0 aromatic heterocycles. The van der Waals surface area contributed by atoms with Crippen molar-refractivity contribution in [3.63, 3.8) is 0 Å². The van der Waals surface area contributed by atoms with Gasteiger partial charge in [-0.1, -0.05) is 66.3 Å². The van der Waals surface area contributed by atoms with Gasteiger partial charge in [-0.2, -0.15) is 0 Å². The van der Waals surface area contributed by atoms with Gasteiger partial charge >= 0.3 is 0 Å². The molecule has 0 atom stereocenters. The van der Waals surface area contributed by atoms with Crippen molar-refractivity contribution in [2.24, 2.45) is 5.41 Å². The molecule has 0 unspecified atom stereocenters. The fraction of sp³-hybridized carbons (Fsp3) is 0.545. The van der Waals surface area contributed by atoms with Gasteiger partial charge in [0.2, 0.25) is 0 Å². The molecule has 1 aliphatic rings. The standard InChI is InChI=1S/C15H21N.C5H12.C2H6/c1-5-8-14-12(4)10-11-13(7-3)15(16-14)9-6-2;1-5(2,3)4;1-2/h5-9,16H,3,10-11H2,1-2,4H3;1-4H3;1-2H3/b8-5-,9-6-;;. The van der Waals surface area contributed by atoms with Crippen molar-refractivity contribution < 1.29 is 0 Å². The predicted molar refractivity (Wildman–Crippen MR) is 108 cm³/mol. The number of hydrogen-bond acceptors (Lipinski definition) is 1. The second-order valence-electron chi connectivity index (χ2n) is 6.96. The first kappa shape index (κ1) is 23.8. The summed E-state index contributed by atoms with van der Waals surface area (Å²) in [6, 6.07) is 0. The minimum Gasteiger partial charge on any atom is -0.355 e. The zero-order valence-corrected chi connectivity index (χ0v) is 17.0. The molecule has 1 aliphatic heterocycles. The Kier molecular flexibility index (Phi) is 13.4. The molecule has 0 spiro atoms. The topological polar surface area (TPSA) is 12.0 Å². The number of hydrogen-bond donors (Lipinski definition) is 1. The first-order valence-corrected chi connectivity index (χ1v) is 8.80. The van der Waals surface area contributed by atoms with Crippen LogP contribution in [0.5, 0.6) is 0 Å². The van der Waals surface area contributed by atoms with Crippen molar-refractivity contribution in [2.75, 3.05) is 0 Å². The molecule has 23 heavy (non-hydrogen) atoms. The minimum absolute atomic E-state index is 0.500. The van der Waals surface area contributed by atoms with E-state index in [-0.39, 0.29) is 0 Å². The van der Waals surface area contributed by atoms with E-state index in [1.165, 1.54) is 22.5 Å². The van der Waals surface area contributed by atoms with Crippen molar-refractivity contribution in [1.82, 2.24) is 5.32 Å². The van der Waals surface area contributed by atoms with Crippen LogP contribution in [0, 0.1) is 5.41 Å². The molecule has 0 bridgehead atoms. The van der Waals surface area contributed by atoms with Crippen LogP contribution in [0.3, 0.4) is 0 Å². The Labute approximate surface area is 146 Å². The Morgan fingerprint density at radius 3 is 1.74 bits per heavy atom. The fourth-order valence-electron chi connectivity index (χ4n) is 1.80. The highest BCUT2D eigenvalue weighted by Crippen LogP contribution is 2.23. The molecule has 1 N–H and O–H groups in total. The van der Waals surface area contributed by atoms with Crippen LogP contribution in [0.15, 0.2) is 59.5 Å². The van der Waals surface area contributed by atoms with E-state index < -0.39 is 0 Å². The molecule has 132 valence electrons. The average molecular weight is 318 g/mol. The molecular weight excluding hydrogens is 278 g/mol. The van der Waals surface area contributed by atoms with Crippen LogP contribution in [0.25, 0.3) is 0 Å². The van der Waals surface area contributed by atoms with E-state index >= 15 is 0 Å². The largest absolute Gasteiger partial charge is 0.355 e. The third-order valence-corrected chi connectivity index (χ3v) is 2.76. The van der Waals surface area contributed by atoms with E-state index in [1.807, 2.05) is 33.8 Å². The van der Waals surface area contributed by atoms with E-state index in [2.05, 4.69) is 70.8 Å². The van der Waals surface area contributed by atoms with Crippen LogP contribution < -0.4 is 5.32 Å². The van der Waals surface area contributed by atoms with Crippen LogP contribution in [0.1, 0.15) is 75.2 Å². The third kappa shape index (κ3) is 12.7. The van der Waals surface area contributed by atoms with Gasteiger partial charge in [-0.3, -0.25) is 0 Å². The Morgan fingerprint density at radius 2 is 1.35 bits per heavy atom. The van der Waals surface area contributed by atoms with E-state index in [0.717, 1.165) is 12.8 Å². The Bertz CT molecular complexity index is 445. The van der Waals surface area contributed by atoms with E-state index in [9.17, 15) is 0 Å². The Morgan fingerprint density at radius 1 is 0.913 bits per heavy atom. The van der Waals surface area contributed by atoms with Gasteiger partial charge in [-0.15, -0.1) is 0 Å². The summed E-state index contributed by atoms with van der Waals surface area (Å²) < 4.78 is 0. The molecule has 1 heteroatoms. The SMILES string of the molecule is C=CC1=C(/C=C\C)NC(/C=C\C)=C(C)CC1.CC.CC(C)(C)C. The van der Waals surface area contributed by atoms with Crippen LogP contribution in [-0.2, 0) is 0 Å². The highest BCUT2D eigenvalue weighted by molar-refractivity contribution is 5.39. The maximum Gasteiger partial charge on any atom is 0.0413 e. The Hall–Kier alpha value is -1.50. The summed E-state index contributed by atoms with van der Waals surface area (Å²) in [6.45, 7) is 22.9. The van der Waals surface area contributed by atoms with Gasteiger partial charge in [-0.05, 0) is 62.3 Å². The quantitative estimate of drug-likeness (QED) is 0.575. The van der Waals surface area contributed by atoms with E-state index in [1.54, 1.807) is 0 Å². The average Bonchev–Trinajstić information content (AvgIpc) is 2.61. The number of nitrogens with one attached hydrogen (secondary N) is 1. The van der Waals surface area contributed by atoms with Crippen molar-refractivity contribution in [1.29, 1.82) is 0 Å². The molecule has 1 rings (SSSR count). The van der Waals surface area contributed by atoms with Gasteiger partial charge < -0.3 is 5.32 Å². The van der Waals surface area contributed by atoms with Crippen LogP contribution in [0.4, 0.5) is 0 Å². The predicted octanol–water partition coefficient (Wildman–Crippen LogP) is 7.31. The first-order chi connectivity index (χ1) is 10.7. The first-order valence-electron chi connectivity index (χ1n) is 8.80. The second-order valence-corrected chi connectivity index (χ2v) is 6.96. The molecule has 0 amide bonds. The normalized spacial score (nSPS) is 15.5. The van der Waals surface area contributed by atoms with Gasteiger partial charge in [0.1, 0.15) is 0 Å². The maximum atomic E-state index is 3.89. The molecule has 0 saturated carbocycles. The summed E-state index contributed by atoms with van der Waals surface area (Å²) in [6.07, 6.45) is 12.5. The van der Waals surface area contributed by atoms with Crippen molar-refractivity contribution in [3.8, 4) is 0 Å². The molecule has 0 fully saturated rings. The highest BCUT2D eigenvalue weighted by Gasteiger charge is 2.10. The van der Waals surface area contributed by atoms with E-state index in [0.29, 0.717) is 5.41 Å². The fourth-order valence-corrected chi connectivity index (χ4v) is 1.80. The lowest BCUT2D eigenvalue weighted by atomic mass is 10.0. The van der Waals surface area contributed by atoms with Gasteiger partial charge in [0, 0.05) is 11.4 Å². The summed E-state index contributed by atoms with van der Waals surface area (Å²) in [5, 5.41) is 3.48. The lowest BCUT2D eigenvalue weighted by Gasteiger charge is -2.10. The third-order valence-electron chi connectivity index (χ3n) is 2.76. The lowest BCUT2D eigenvalue weighted by molar-refractivity contribution is 0.469.